The fourth-order valence-electron chi connectivity index (χ4n) is 3.06. The molecular weight excluding hydrogens is 228 g/mol. The summed E-state index contributed by atoms with van der Waals surface area (Å²) in [7, 11) is 0. The third-order valence-electron chi connectivity index (χ3n) is 4.26. The van der Waals surface area contributed by atoms with Gasteiger partial charge in [0.15, 0.2) is 0 Å². The number of hydrogen-bond acceptors (Lipinski definition) is 3. The van der Waals surface area contributed by atoms with Crippen LogP contribution in [0.5, 0.6) is 0 Å². The molecule has 0 aromatic carbocycles. The molecule has 4 nitrogen and oxygen atoms in total. The first-order chi connectivity index (χ1) is 8.81. The summed E-state index contributed by atoms with van der Waals surface area (Å²) < 4.78 is 5.70. The number of carbonyl (C=O) groups is 1. The average molecular weight is 254 g/mol. The second kappa shape index (κ2) is 6.98. The zero-order valence-electron chi connectivity index (χ0n) is 11.3. The lowest BCUT2D eigenvalue weighted by atomic mass is 9.86. The predicted octanol–water partition coefficient (Wildman–Crippen LogP) is 2.52. The molecule has 2 rings (SSSR count). The van der Waals surface area contributed by atoms with E-state index in [9.17, 15) is 4.79 Å². The van der Waals surface area contributed by atoms with Gasteiger partial charge in [0.05, 0.1) is 0 Å². The van der Waals surface area contributed by atoms with Crippen molar-refractivity contribution < 1.29 is 9.53 Å². The van der Waals surface area contributed by atoms with E-state index in [4.69, 9.17) is 10.5 Å². The number of amides is 1. The fourth-order valence-corrected chi connectivity index (χ4v) is 3.06. The Hall–Kier alpha value is -0.770. The van der Waals surface area contributed by atoms with Crippen LogP contribution in [0.2, 0.25) is 0 Å². The number of likely N-dealkylation sites (tertiary alicyclic amines) is 1. The zero-order valence-corrected chi connectivity index (χ0v) is 11.3. The third kappa shape index (κ3) is 3.61. The standard InChI is InChI=1S/C14H26N2O2/c15-11-12-7-3-4-8-13(12)18-14(17)16-9-5-1-2-6-10-16/h12-13H,1-11,15H2. The summed E-state index contributed by atoms with van der Waals surface area (Å²) >= 11 is 0. The van der Waals surface area contributed by atoms with Gasteiger partial charge in [0.2, 0.25) is 0 Å². The van der Waals surface area contributed by atoms with Gasteiger partial charge in [-0.25, -0.2) is 4.79 Å². The van der Waals surface area contributed by atoms with Gasteiger partial charge >= 0.3 is 6.09 Å². The highest BCUT2D eigenvalue weighted by molar-refractivity contribution is 5.67. The molecule has 1 saturated carbocycles. The lowest BCUT2D eigenvalue weighted by Crippen LogP contribution is -2.40. The lowest BCUT2D eigenvalue weighted by molar-refractivity contribution is 0.0182. The zero-order chi connectivity index (χ0) is 12.8. The van der Waals surface area contributed by atoms with Gasteiger partial charge in [-0.1, -0.05) is 19.3 Å². The molecule has 1 aliphatic heterocycles. The molecule has 2 aliphatic rings. The van der Waals surface area contributed by atoms with E-state index in [-0.39, 0.29) is 12.2 Å². The summed E-state index contributed by atoms with van der Waals surface area (Å²) in [6.45, 7) is 2.36. The molecule has 0 spiro atoms. The van der Waals surface area contributed by atoms with Crippen LogP contribution in [0.1, 0.15) is 51.4 Å². The van der Waals surface area contributed by atoms with Crippen LogP contribution in [0.15, 0.2) is 0 Å². The van der Waals surface area contributed by atoms with Crippen molar-refractivity contribution in [1.29, 1.82) is 0 Å². The maximum Gasteiger partial charge on any atom is 0.410 e. The van der Waals surface area contributed by atoms with Gasteiger partial charge in [-0.3, -0.25) is 0 Å². The van der Waals surface area contributed by atoms with Gasteiger partial charge < -0.3 is 15.4 Å². The fraction of sp³-hybridized carbons (Fsp3) is 0.929. The summed E-state index contributed by atoms with van der Waals surface area (Å²) in [5.74, 6) is 0.370. The van der Waals surface area contributed by atoms with E-state index in [1.807, 2.05) is 4.90 Å². The first-order valence-electron chi connectivity index (χ1n) is 7.47. The minimum absolute atomic E-state index is 0.0551. The van der Waals surface area contributed by atoms with Crippen LogP contribution < -0.4 is 5.73 Å². The van der Waals surface area contributed by atoms with Crippen molar-refractivity contribution in [3.05, 3.63) is 0 Å². The maximum atomic E-state index is 12.1. The molecule has 1 heterocycles. The van der Waals surface area contributed by atoms with Gasteiger partial charge in [0.25, 0.3) is 0 Å². The second-order valence-electron chi connectivity index (χ2n) is 5.60. The van der Waals surface area contributed by atoms with Crippen LogP contribution in [0.25, 0.3) is 0 Å². The number of carbonyl (C=O) groups excluding carboxylic acids is 1. The number of hydrogen-bond donors (Lipinski definition) is 1. The Kier molecular flexibility index (Phi) is 5.29. The van der Waals surface area contributed by atoms with Gasteiger partial charge in [-0.2, -0.15) is 0 Å². The molecule has 2 atom stereocenters. The molecule has 0 aromatic heterocycles. The predicted molar refractivity (Wildman–Crippen MR) is 71.3 cm³/mol. The molecule has 0 bridgehead atoms. The molecule has 2 fully saturated rings. The highest BCUT2D eigenvalue weighted by Gasteiger charge is 2.29. The summed E-state index contributed by atoms with van der Waals surface area (Å²) in [5, 5.41) is 0. The van der Waals surface area contributed by atoms with E-state index in [1.54, 1.807) is 0 Å². The monoisotopic (exact) mass is 254 g/mol. The normalized spacial score (nSPS) is 29.7. The van der Waals surface area contributed by atoms with E-state index in [0.29, 0.717) is 12.5 Å². The van der Waals surface area contributed by atoms with Crippen molar-refractivity contribution in [2.75, 3.05) is 19.6 Å². The van der Waals surface area contributed by atoms with Crippen molar-refractivity contribution in [2.24, 2.45) is 11.7 Å². The summed E-state index contributed by atoms with van der Waals surface area (Å²) in [4.78, 5) is 14.0. The van der Waals surface area contributed by atoms with Gasteiger partial charge in [0.1, 0.15) is 6.10 Å². The van der Waals surface area contributed by atoms with E-state index in [0.717, 1.165) is 45.2 Å². The second-order valence-corrected chi connectivity index (χ2v) is 5.60. The van der Waals surface area contributed by atoms with Gasteiger partial charge in [-0.05, 0) is 38.6 Å². The van der Waals surface area contributed by atoms with Crippen molar-refractivity contribution in [3.8, 4) is 0 Å². The van der Waals surface area contributed by atoms with Crippen LogP contribution in [-0.2, 0) is 4.74 Å². The first-order valence-corrected chi connectivity index (χ1v) is 7.47. The molecule has 1 amide bonds. The molecule has 2 unspecified atom stereocenters. The maximum absolute atomic E-state index is 12.1. The highest BCUT2D eigenvalue weighted by Crippen LogP contribution is 2.26. The minimum atomic E-state index is -0.109. The topological polar surface area (TPSA) is 55.6 Å². The SMILES string of the molecule is NCC1CCCCC1OC(=O)N1CCCCCC1. The summed E-state index contributed by atoms with van der Waals surface area (Å²) in [6.07, 6.45) is 9.11. The van der Waals surface area contributed by atoms with Crippen LogP contribution in [0, 0.1) is 5.92 Å². The largest absolute Gasteiger partial charge is 0.446 e. The highest BCUT2D eigenvalue weighted by atomic mass is 16.6. The van der Waals surface area contributed by atoms with Crippen LogP contribution in [0.3, 0.4) is 0 Å². The molecule has 0 aromatic rings. The quantitative estimate of drug-likeness (QED) is 0.823. The van der Waals surface area contributed by atoms with Crippen molar-refractivity contribution in [1.82, 2.24) is 4.90 Å². The van der Waals surface area contributed by atoms with E-state index >= 15 is 0 Å². The number of ether oxygens (including phenoxy) is 1. The number of nitrogens with zero attached hydrogens (tertiary/aromatic N) is 1. The molecule has 4 heteroatoms. The van der Waals surface area contributed by atoms with Gasteiger partial charge in [0, 0.05) is 19.0 Å². The van der Waals surface area contributed by atoms with Crippen LogP contribution >= 0.6 is 0 Å². The lowest BCUT2D eigenvalue weighted by Gasteiger charge is -2.32. The smallest absolute Gasteiger partial charge is 0.410 e. The van der Waals surface area contributed by atoms with Crippen molar-refractivity contribution in [3.63, 3.8) is 0 Å². The first kappa shape index (κ1) is 13.7. The average Bonchev–Trinajstić information content (AvgIpc) is 2.68. The van der Waals surface area contributed by atoms with Gasteiger partial charge in [-0.15, -0.1) is 0 Å². The van der Waals surface area contributed by atoms with Crippen LogP contribution in [0.4, 0.5) is 4.79 Å². The molecule has 2 N–H and O–H groups in total. The molecule has 0 radical (unpaired) electrons. The van der Waals surface area contributed by atoms with Crippen molar-refractivity contribution in [2.45, 2.75) is 57.5 Å². The van der Waals surface area contributed by atoms with Crippen LogP contribution in [-0.4, -0.2) is 36.7 Å². The molecule has 1 aliphatic carbocycles. The molecule has 104 valence electrons. The Morgan fingerprint density at radius 3 is 2.39 bits per heavy atom. The Balaban J connectivity index is 1.84. The number of rotatable bonds is 2. The Morgan fingerprint density at radius 2 is 1.72 bits per heavy atom. The van der Waals surface area contributed by atoms with E-state index in [1.165, 1.54) is 19.3 Å². The summed E-state index contributed by atoms with van der Waals surface area (Å²) in [6, 6.07) is 0. The van der Waals surface area contributed by atoms with Crippen molar-refractivity contribution >= 4 is 6.09 Å². The Bertz CT molecular complexity index is 263. The Labute approximate surface area is 110 Å². The number of nitrogens with two attached hydrogens (primary N) is 1. The van der Waals surface area contributed by atoms with E-state index in [2.05, 4.69) is 0 Å². The summed E-state index contributed by atoms with van der Waals surface area (Å²) in [5.41, 5.74) is 5.77. The Morgan fingerprint density at radius 1 is 1.06 bits per heavy atom. The minimum Gasteiger partial charge on any atom is -0.446 e. The molecule has 1 saturated heterocycles. The molecular formula is C14H26N2O2. The van der Waals surface area contributed by atoms with E-state index < -0.39 is 0 Å². The molecule has 18 heavy (non-hydrogen) atoms. The third-order valence-corrected chi connectivity index (χ3v) is 4.26.